The number of carbonyl (C=O) groups is 4. The molecule has 2 saturated heterocycles. The Morgan fingerprint density at radius 2 is 0.945 bits per heavy atom. The number of phenolic OH excluding ortho intramolecular Hbond substituents is 4. The second kappa shape index (κ2) is 24.9. The second-order valence-corrected chi connectivity index (χ2v) is 16.0. The molecule has 0 unspecified atom stereocenters. The number of hydrogen-bond donors (Lipinski definition) is 8. The van der Waals surface area contributed by atoms with Crippen LogP contribution in [0.4, 0.5) is 0 Å². The van der Waals surface area contributed by atoms with Gasteiger partial charge in [0.25, 0.3) is 0 Å². The Labute approximate surface area is 416 Å². The van der Waals surface area contributed by atoms with E-state index < -0.39 is 98.5 Å². The molecule has 2 aliphatic rings. The van der Waals surface area contributed by atoms with E-state index in [0.29, 0.717) is 22.3 Å². The minimum absolute atomic E-state index is 0.0585. The number of rotatable bonds is 20. The molecule has 4 aromatic rings. The summed E-state index contributed by atoms with van der Waals surface area (Å²) in [6.45, 7) is -2.66. The monoisotopic (exact) mass is 1020 g/mol. The summed E-state index contributed by atoms with van der Waals surface area (Å²) in [7, 11) is 3.98. The van der Waals surface area contributed by atoms with Gasteiger partial charge in [-0.2, -0.15) is 0 Å². The predicted octanol–water partition coefficient (Wildman–Crippen LogP) is 2.51. The van der Waals surface area contributed by atoms with E-state index in [2.05, 4.69) is 0 Å². The molecule has 2 aliphatic heterocycles. The third-order valence-electron chi connectivity index (χ3n) is 11.0. The molecule has 73 heavy (non-hydrogen) atoms. The molecule has 9 atom stereocenters. The molecule has 2 fully saturated rings. The number of carbonyl (C=O) groups excluding carboxylic acids is 4. The molecule has 4 aromatic carbocycles. The summed E-state index contributed by atoms with van der Waals surface area (Å²) < 4.78 is 55.3. The normalized spacial score (nSPS) is 23.9. The molecular formula is C51H52O22. The van der Waals surface area contributed by atoms with Gasteiger partial charge in [0.2, 0.25) is 5.79 Å². The molecule has 8 N–H and O–H groups in total. The van der Waals surface area contributed by atoms with Gasteiger partial charge >= 0.3 is 23.9 Å². The fraction of sp³-hybridized carbons (Fsp3) is 0.294. The molecule has 22 heteroatoms. The van der Waals surface area contributed by atoms with Crippen molar-refractivity contribution in [1.82, 2.24) is 0 Å². The Morgan fingerprint density at radius 3 is 1.42 bits per heavy atom. The van der Waals surface area contributed by atoms with Gasteiger partial charge < -0.3 is 88.2 Å². The Kier molecular flexibility index (Phi) is 18.6. The second-order valence-electron chi connectivity index (χ2n) is 16.0. The van der Waals surface area contributed by atoms with Crippen LogP contribution in [0.1, 0.15) is 22.3 Å². The molecule has 0 bridgehead atoms. The van der Waals surface area contributed by atoms with Crippen LogP contribution in [0.25, 0.3) is 24.3 Å². The van der Waals surface area contributed by atoms with Crippen molar-refractivity contribution >= 4 is 48.2 Å². The van der Waals surface area contributed by atoms with E-state index in [1.165, 1.54) is 124 Å². The zero-order valence-corrected chi connectivity index (χ0v) is 39.2. The Balaban J connectivity index is 1.29. The lowest BCUT2D eigenvalue weighted by Gasteiger charge is -2.43. The molecule has 0 radical (unpaired) electrons. The summed E-state index contributed by atoms with van der Waals surface area (Å²) in [5, 5.41) is 84.7. The lowest BCUT2D eigenvalue weighted by molar-refractivity contribution is -0.383. The largest absolute Gasteiger partial charge is 0.508 e. The number of aliphatic hydroxyl groups is 4. The van der Waals surface area contributed by atoms with Gasteiger partial charge in [-0.15, -0.1) is 0 Å². The van der Waals surface area contributed by atoms with Crippen LogP contribution < -0.4 is 14.2 Å². The number of esters is 4. The third kappa shape index (κ3) is 14.4. The summed E-state index contributed by atoms with van der Waals surface area (Å²) >= 11 is 0. The standard InChI is InChI=1S/C51H52O22/c1-64-36-22-29(6-15-33(36)53)10-18-41(56)67-25-39-45(60)47(62)48(63)50(70-39)73-51(27-69-43(58)20-12-31-8-17-35(55)38(24-31)66-3)49(71-44(59)21-9-28-4-13-32(52)14-5-28)46(61)40(72-51)26-68-42(57)19-11-30-7-16-34(54)37(23-30)65-2/h4-24,39-40,45-50,52-55,60-63H,25-27H2,1-3H3/b18-10+,19-11+,20-12+,21-9+/t39-,40-,45+,46+,47+,48+,49-,50-,51-/m1/s1. The summed E-state index contributed by atoms with van der Waals surface area (Å²) in [5.41, 5.74) is 1.64. The first-order valence-electron chi connectivity index (χ1n) is 22.0. The molecule has 0 aromatic heterocycles. The minimum atomic E-state index is -2.73. The molecule has 388 valence electrons. The molecule has 0 spiro atoms. The van der Waals surface area contributed by atoms with Crippen LogP contribution in [-0.2, 0) is 52.3 Å². The summed E-state index contributed by atoms with van der Waals surface area (Å²) in [6, 6.07) is 18.3. The van der Waals surface area contributed by atoms with Crippen molar-refractivity contribution in [3.8, 4) is 40.2 Å². The molecule has 2 heterocycles. The zero-order chi connectivity index (χ0) is 52.8. The Bertz CT molecular complexity index is 2700. The topological polar surface area (TPSA) is 322 Å². The predicted molar refractivity (Wildman–Crippen MR) is 252 cm³/mol. The van der Waals surface area contributed by atoms with Gasteiger partial charge in [-0.25, -0.2) is 19.2 Å². The minimum Gasteiger partial charge on any atom is -0.508 e. The number of benzene rings is 4. The molecule has 0 amide bonds. The number of phenols is 4. The SMILES string of the molecule is COc1cc(/C=C/C(=O)OC[C@H]2O[C@H](O[C@@]3(COC(=O)/C=C/c4ccc(O)c(OC)c4)O[C@H](COC(=O)/C=C/c4ccc(O)c(OC)c4)[C@H](O)[C@H]3OC(=O)/C=C/c3ccc(O)cc3)[C@@H](O)[C@@H](O)[C@H]2O)ccc1O. The number of ether oxygens (including phenoxy) is 10. The highest BCUT2D eigenvalue weighted by Gasteiger charge is 2.62. The molecule has 0 saturated carbocycles. The van der Waals surface area contributed by atoms with Crippen LogP contribution in [0, 0.1) is 0 Å². The van der Waals surface area contributed by atoms with Gasteiger partial charge in [0.05, 0.1) is 21.3 Å². The number of hydrogen-bond acceptors (Lipinski definition) is 22. The summed E-state index contributed by atoms with van der Waals surface area (Å²) in [6.07, 6.45) is -6.60. The van der Waals surface area contributed by atoms with Crippen LogP contribution in [0.5, 0.6) is 40.2 Å². The van der Waals surface area contributed by atoms with Crippen molar-refractivity contribution in [2.75, 3.05) is 41.2 Å². The van der Waals surface area contributed by atoms with E-state index in [-0.39, 0.29) is 40.2 Å². The maximum atomic E-state index is 13.6. The van der Waals surface area contributed by atoms with E-state index in [9.17, 15) is 60.0 Å². The maximum Gasteiger partial charge on any atom is 0.331 e. The highest BCUT2D eigenvalue weighted by molar-refractivity contribution is 5.89. The fourth-order valence-corrected chi connectivity index (χ4v) is 7.18. The first-order valence-corrected chi connectivity index (χ1v) is 22.0. The van der Waals surface area contributed by atoms with Crippen LogP contribution in [0.3, 0.4) is 0 Å². The van der Waals surface area contributed by atoms with Crippen molar-refractivity contribution in [2.45, 2.75) is 54.8 Å². The third-order valence-corrected chi connectivity index (χ3v) is 11.0. The number of methoxy groups -OCH3 is 3. The number of aliphatic hydroxyl groups excluding tert-OH is 4. The van der Waals surface area contributed by atoms with Gasteiger partial charge in [0.1, 0.15) is 62.2 Å². The van der Waals surface area contributed by atoms with Crippen molar-refractivity contribution in [2.24, 2.45) is 0 Å². The summed E-state index contributed by atoms with van der Waals surface area (Å²) in [5.74, 6) is -7.14. The maximum absolute atomic E-state index is 13.6. The Hall–Kier alpha value is -7.96. The van der Waals surface area contributed by atoms with E-state index >= 15 is 0 Å². The molecule has 22 nitrogen and oxygen atoms in total. The molecule has 6 rings (SSSR count). The molecular weight excluding hydrogens is 965 g/mol. The fourth-order valence-electron chi connectivity index (χ4n) is 7.18. The lowest BCUT2D eigenvalue weighted by Crippen LogP contribution is -2.63. The average Bonchev–Trinajstić information content (AvgIpc) is 3.64. The summed E-state index contributed by atoms with van der Waals surface area (Å²) in [4.78, 5) is 52.8. The first kappa shape index (κ1) is 54.4. The lowest BCUT2D eigenvalue weighted by atomic mass is 9.98. The quantitative estimate of drug-likeness (QED) is 0.0358. The Morgan fingerprint density at radius 1 is 0.521 bits per heavy atom. The van der Waals surface area contributed by atoms with E-state index in [1.54, 1.807) is 0 Å². The average molecular weight is 1020 g/mol. The van der Waals surface area contributed by atoms with Crippen molar-refractivity contribution < 1.29 is 107 Å². The van der Waals surface area contributed by atoms with Gasteiger partial charge in [0.15, 0.2) is 46.9 Å². The van der Waals surface area contributed by atoms with Gasteiger partial charge in [-0.1, -0.05) is 30.3 Å². The number of aromatic hydroxyl groups is 4. The highest BCUT2D eigenvalue weighted by Crippen LogP contribution is 2.39. The van der Waals surface area contributed by atoms with E-state index in [1.807, 2.05) is 0 Å². The molecule has 0 aliphatic carbocycles. The van der Waals surface area contributed by atoms with E-state index in [0.717, 1.165) is 24.3 Å². The van der Waals surface area contributed by atoms with Crippen LogP contribution >= 0.6 is 0 Å². The van der Waals surface area contributed by atoms with E-state index in [4.69, 9.17) is 47.4 Å². The highest BCUT2D eigenvalue weighted by atomic mass is 16.8. The van der Waals surface area contributed by atoms with Gasteiger partial charge in [-0.05, 0) is 95.1 Å². The van der Waals surface area contributed by atoms with Crippen LogP contribution in [-0.4, -0.2) is 161 Å². The van der Waals surface area contributed by atoms with Crippen molar-refractivity contribution in [1.29, 1.82) is 0 Å². The van der Waals surface area contributed by atoms with Crippen LogP contribution in [0.2, 0.25) is 0 Å². The first-order chi connectivity index (χ1) is 34.9. The van der Waals surface area contributed by atoms with Crippen molar-refractivity contribution in [3.63, 3.8) is 0 Å². The van der Waals surface area contributed by atoms with Gasteiger partial charge in [-0.3, -0.25) is 0 Å². The van der Waals surface area contributed by atoms with Crippen molar-refractivity contribution in [3.05, 3.63) is 125 Å². The van der Waals surface area contributed by atoms with Gasteiger partial charge in [0, 0.05) is 24.3 Å². The van der Waals surface area contributed by atoms with Crippen LogP contribution in [0.15, 0.2) is 103 Å². The smallest absolute Gasteiger partial charge is 0.331 e. The zero-order valence-electron chi connectivity index (χ0n) is 39.2.